The van der Waals surface area contributed by atoms with Crippen molar-refractivity contribution in [3.8, 4) is 11.5 Å². The van der Waals surface area contributed by atoms with Crippen molar-refractivity contribution in [2.24, 2.45) is 5.41 Å². The molecule has 1 aliphatic carbocycles. The molecule has 7 nitrogen and oxygen atoms in total. The molecule has 2 aliphatic rings. The van der Waals surface area contributed by atoms with Gasteiger partial charge < -0.3 is 25.2 Å². The Labute approximate surface area is 212 Å². The second-order valence-corrected chi connectivity index (χ2v) is 9.93. The van der Waals surface area contributed by atoms with Crippen molar-refractivity contribution in [1.82, 2.24) is 4.90 Å². The van der Waals surface area contributed by atoms with E-state index < -0.39 is 0 Å². The Morgan fingerprint density at radius 1 is 0.889 bits per heavy atom. The van der Waals surface area contributed by atoms with Crippen molar-refractivity contribution in [3.63, 3.8) is 0 Å². The number of ether oxygens (including phenoxy) is 1. The van der Waals surface area contributed by atoms with Crippen molar-refractivity contribution >= 4 is 29.0 Å². The van der Waals surface area contributed by atoms with Gasteiger partial charge in [0.15, 0.2) is 0 Å². The van der Waals surface area contributed by atoms with Gasteiger partial charge in [0.25, 0.3) is 0 Å². The van der Waals surface area contributed by atoms with Crippen LogP contribution in [0.1, 0.15) is 26.2 Å². The van der Waals surface area contributed by atoms with Crippen LogP contribution in [0.3, 0.4) is 0 Å². The standard InChI is InChI=1S/C29H32N4O3/c1-29(17-18-29)27(34)32(2)24-16-19-33(20-24)23-12-8-21(9-13-23)30-28(35)31-22-10-14-26(15-11-22)36-25-6-4-3-5-7-25/h3-15,24H,16-20H2,1-2H3,(H2,30,31,35). The average molecular weight is 485 g/mol. The van der Waals surface area contributed by atoms with Crippen molar-refractivity contribution in [1.29, 1.82) is 0 Å². The molecule has 1 atom stereocenters. The van der Waals surface area contributed by atoms with Crippen LogP contribution in [0.5, 0.6) is 11.5 Å². The molecule has 5 rings (SSSR count). The Morgan fingerprint density at radius 3 is 2.08 bits per heavy atom. The molecule has 36 heavy (non-hydrogen) atoms. The zero-order valence-corrected chi connectivity index (χ0v) is 20.7. The molecular weight excluding hydrogens is 452 g/mol. The first kappa shape index (κ1) is 23.7. The summed E-state index contributed by atoms with van der Waals surface area (Å²) < 4.78 is 5.78. The number of rotatable bonds is 7. The van der Waals surface area contributed by atoms with Gasteiger partial charge in [0.05, 0.1) is 6.04 Å². The van der Waals surface area contributed by atoms with Crippen molar-refractivity contribution in [2.75, 3.05) is 35.7 Å². The van der Waals surface area contributed by atoms with Crippen LogP contribution in [0, 0.1) is 5.41 Å². The van der Waals surface area contributed by atoms with Crippen LogP contribution >= 0.6 is 0 Å². The number of amides is 3. The predicted octanol–water partition coefficient (Wildman–Crippen LogP) is 5.96. The molecule has 2 fully saturated rings. The van der Waals surface area contributed by atoms with E-state index in [2.05, 4.69) is 22.5 Å². The topological polar surface area (TPSA) is 73.9 Å². The van der Waals surface area contributed by atoms with Crippen LogP contribution < -0.4 is 20.3 Å². The Hall–Kier alpha value is -4.00. The lowest BCUT2D eigenvalue weighted by Gasteiger charge is -2.28. The molecule has 3 amide bonds. The summed E-state index contributed by atoms with van der Waals surface area (Å²) in [5, 5.41) is 5.72. The lowest BCUT2D eigenvalue weighted by molar-refractivity contribution is -0.136. The largest absolute Gasteiger partial charge is 0.457 e. The number of carbonyl (C=O) groups is 2. The van der Waals surface area contributed by atoms with Crippen molar-refractivity contribution in [3.05, 3.63) is 78.9 Å². The lowest BCUT2D eigenvalue weighted by Crippen LogP contribution is -2.42. The maximum absolute atomic E-state index is 12.7. The van der Waals surface area contributed by atoms with Crippen LogP contribution in [-0.2, 0) is 4.79 Å². The first-order valence-electron chi connectivity index (χ1n) is 12.4. The highest BCUT2D eigenvalue weighted by Crippen LogP contribution is 2.46. The zero-order chi connectivity index (χ0) is 25.1. The number of urea groups is 1. The molecule has 1 unspecified atom stereocenters. The number of nitrogens with zero attached hydrogens (tertiary/aromatic N) is 2. The molecule has 3 aromatic rings. The van der Waals surface area contributed by atoms with E-state index >= 15 is 0 Å². The smallest absolute Gasteiger partial charge is 0.323 e. The third kappa shape index (κ3) is 5.46. The maximum atomic E-state index is 12.7. The summed E-state index contributed by atoms with van der Waals surface area (Å²) in [6.07, 6.45) is 2.97. The van der Waals surface area contributed by atoms with E-state index in [1.807, 2.05) is 78.7 Å². The molecule has 7 heteroatoms. The normalized spacial score (nSPS) is 17.8. The number of anilines is 3. The molecule has 0 bridgehead atoms. The van der Waals surface area contributed by atoms with Gasteiger partial charge in [0, 0.05) is 42.6 Å². The lowest BCUT2D eigenvalue weighted by atomic mass is 10.1. The third-order valence-corrected chi connectivity index (χ3v) is 7.13. The van der Waals surface area contributed by atoms with E-state index in [1.54, 1.807) is 12.1 Å². The molecule has 186 valence electrons. The highest BCUT2D eigenvalue weighted by Gasteiger charge is 2.48. The van der Waals surface area contributed by atoms with Gasteiger partial charge in [-0.05, 0) is 79.9 Å². The summed E-state index contributed by atoms with van der Waals surface area (Å²) in [7, 11) is 1.94. The number of hydrogen-bond donors (Lipinski definition) is 2. The molecule has 2 N–H and O–H groups in total. The van der Waals surface area contributed by atoms with Gasteiger partial charge in [-0.1, -0.05) is 25.1 Å². The highest BCUT2D eigenvalue weighted by molar-refractivity contribution is 5.99. The van der Waals surface area contributed by atoms with Gasteiger partial charge in [-0.25, -0.2) is 4.79 Å². The number of benzene rings is 3. The van der Waals surface area contributed by atoms with Crippen LogP contribution in [-0.4, -0.2) is 43.0 Å². The summed E-state index contributed by atoms with van der Waals surface area (Å²) >= 11 is 0. The van der Waals surface area contributed by atoms with Gasteiger partial charge >= 0.3 is 6.03 Å². The van der Waals surface area contributed by atoms with Crippen molar-refractivity contribution < 1.29 is 14.3 Å². The number of nitrogens with one attached hydrogen (secondary N) is 2. The molecule has 0 aromatic heterocycles. The van der Waals surface area contributed by atoms with E-state index in [0.29, 0.717) is 17.1 Å². The highest BCUT2D eigenvalue weighted by atomic mass is 16.5. The predicted molar refractivity (Wildman–Crippen MR) is 143 cm³/mol. The number of para-hydroxylation sites is 1. The summed E-state index contributed by atoms with van der Waals surface area (Å²) in [6, 6.07) is 24.5. The minimum absolute atomic E-state index is 0.131. The third-order valence-electron chi connectivity index (χ3n) is 7.13. The summed E-state index contributed by atoms with van der Waals surface area (Å²) in [4.78, 5) is 29.4. The van der Waals surface area contributed by atoms with Crippen LogP contribution in [0.4, 0.5) is 21.9 Å². The molecule has 0 radical (unpaired) electrons. The molecule has 1 saturated carbocycles. The van der Waals surface area contributed by atoms with Gasteiger partial charge in [0.2, 0.25) is 5.91 Å². The van der Waals surface area contributed by atoms with E-state index in [4.69, 9.17) is 4.74 Å². The van der Waals surface area contributed by atoms with Gasteiger partial charge in [-0.3, -0.25) is 4.79 Å². The first-order valence-corrected chi connectivity index (χ1v) is 12.4. The molecule has 3 aromatic carbocycles. The molecule has 1 saturated heterocycles. The quantitative estimate of drug-likeness (QED) is 0.434. The Kier molecular flexibility index (Phi) is 6.55. The van der Waals surface area contributed by atoms with Gasteiger partial charge in [-0.2, -0.15) is 0 Å². The summed E-state index contributed by atoms with van der Waals surface area (Å²) in [5.74, 6) is 1.74. The average Bonchev–Trinajstić information content (AvgIpc) is 3.45. The van der Waals surface area contributed by atoms with Crippen LogP contribution in [0.2, 0.25) is 0 Å². The van der Waals surface area contributed by atoms with Crippen LogP contribution in [0.25, 0.3) is 0 Å². The second-order valence-electron chi connectivity index (χ2n) is 9.93. The fraction of sp³-hybridized carbons (Fsp3) is 0.310. The number of hydrogen-bond acceptors (Lipinski definition) is 4. The summed E-state index contributed by atoms with van der Waals surface area (Å²) in [6.45, 7) is 3.81. The fourth-order valence-electron chi connectivity index (χ4n) is 4.57. The van der Waals surface area contributed by atoms with E-state index in [0.717, 1.165) is 43.8 Å². The Morgan fingerprint density at radius 2 is 1.47 bits per heavy atom. The molecule has 0 spiro atoms. The number of likely N-dealkylation sites (N-methyl/N-ethyl adjacent to an activating group) is 1. The van der Waals surface area contributed by atoms with E-state index in [1.165, 1.54) is 0 Å². The maximum Gasteiger partial charge on any atom is 0.323 e. The molecular formula is C29H32N4O3. The Balaban J connectivity index is 1.11. The molecule has 1 heterocycles. The molecule has 1 aliphatic heterocycles. The second kappa shape index (κ2) is 9.93. The minimum atomic E-state index is -0.311. The first-order chi connectivity index (χ1) is 17.4. The van der Waals surface area contributed by atoms with Gasteiger partial charge in [0.1, 0.15) is 11.5 Å². The number of carbonyl (C=O) groups excluding carboxylic acids is 2. The van der Waals surface area contributed by atoms with E-state index in [-0.39, 0.29) is 23.4 Å². The summed E-state index contributed by atoms with van der Waals surface area (Å²) in [5.41, 5.74) is 2.35. The zero-order valence-electron chi connectivity index (χ0n) is 20.7. The fourth-order valence-corrected chi connectivity index (χ4v) is 4.57. The minimum Gasteiger partial charge on any atom is -0.457 e. The monoisotopic (exact) mass is 484 g/mol. The van der Waals surface area contributed by atoms with Gasteiger partial charge in [-0.15, -0.1) is 0 Å². The van der Waals surface area contributed by atoms with E-state index in [9.17, 15) is 9.59 Å². The Bertz CT molecular complexity index is 1210. The van der Waals surface area contributed by atoms with Crippen molar-refractivity contribution in [2.45, 2.75) is 32.2 Å². The SMILES string of the molecule is CN(C(=O)C1(C)CC1)C1CCN(c2ccc(NC(=O)Nc3ccc(Oc4ccccc4)cc3)cc2)C1. The van der Waals surface area contributed by atoms with Crippen LogP contribution in [0.15, 0.2) is 78.9 Å².